The summed E-state index contributed by atoms with van der Waals surface area (Å²) in [6.07, 6.45) is 1.77. The molecule has 0 amide bonds. The van der Waals surface area contributed by atoms with E-state index in [1.54, 1.807) is 12.3 Å². The van der Waals surface area contributed by atoms with Crippen molar-refractivity contribution in [2.24, 2.45) is 0 Å². The smallest absolute Gasteiger partial charge is 0.137 e. The normalized spacial score (nSPS) is 11.1. The van der Waals surface area contributed by atoms with Gasteiger partial charge in [0.25, 0.3) is 0 Å². The highest BCUT2D eigenvalue weighted by molar-refractivity contribution is 9.10. The van der Waals surface area contributed by atoms with Crippen LogP contribution in [0.25, 0.3) is 16.9 Å². The average Bonchev–Trinajstić information content (AvgIpc) is 2.77. The van der Waals surface area contributed by atoms with Gasteiger partial charge in [-0.15, -0.1) is 0 Å². The SMILES string of the molecule is Nc1ccc2nc(-c3ccc(Br)cc3)c(CO)n2c1. The highest BCUT2D eigenvalue weighted by Gasteiger charge is 2.13. The van der Waals surface area contributed by atoms with Crippen LogP contribution in [0.3, 0.4) is 0 Å². The molecule has 4 nitrogen and oxygen atoms in total. The Morgan fingerprint density at radius 1 is 1.16 bits per heavy atom. The molecule has 0 aliphatic rings. The Balaban J connectivity index is 2.25. The fourth-order valence-corrected chi connectivity index (χ4v) is 2.36. The molecule has 19 heavy (non-hydrogen) atoms. The number of aliphatic hydroxyl groups excluding tert-OH is 1. The zero-order valence-corrected chi connectivity index (χ0v) is 11.6. The lowest BCUT2D eigenvalue weighted by Crippen LogP contribution is -1.96. The molecule has 0 bridgehead atoms. The van der Waals surface area contributed by atoms with Crippen LogP contribution in [-0.2, 0) is 6.61 Å². The van der Waals surface area contributed by atoms with Crippen LogP contribution in [-0.4, -0.2) is 14.5 Å². The molecular formula is C14H12BrN3O. The lowest BCUT2D eigenvalue weighted by atomic mass is 10.1. The Bertz CT molecular complexity index is 734. The van der Waals surface area contributed by atoms with E-state index in [2.05, 4.69) is 20.9 Å². The van der Waals surface area contributed by atoms with Gasteiger partial charge in [-0.05, 0) is 24.3 Å². The number of hydrogen-bond acceptors (Lipinski definition) is 3. The van der Waals surface area contributed by atoms with Crippen LogP contribution in [0.2, 0.25) is 0 Å². The van der Waals surface area contributed by atoms with Gasteiger partial charge < -0.3 is 10.8 Å². The third-order valence-electron chi connectivity index (χ3n) is 3.01. The molecule has 2 heterocycles. The van der Waals surface area contributed by atoms with Crippen molar-refractivity contribution in [3.63, 3.8) is 0 Å². The molecule has 3 aromatic rings. The van der Waals surface area contributed by atoms with Crippen molar-refractivity contribution in [2.45, 2.75) is 6.61 Å². The first kappa shape index (κ1) is 12.2. The molecule has 0 radical (unpaired) electrons. The second-order valence-electron chi connectivity index (χ2n) is 4.26. The maximum absolute atomic E-state index is 9.60. The molecular weight excluding hydrogens is 306 g/mol. The Labute approximate surface area is 118 Å². The largest absolute Gasteiger partial charge is 0.398 e. The topological polar surface area (TPSA) is 63.5 Å². The van der Waals surface area contributed by atoms with Crippen LogP contribution in [0, 0.1) is 0 Å². The van der Waals surface area contributed by atoms with Gasteiger partial charge in [0.05, 0.1) is 18.0 Å². The third-order valence-corrected chi connectivity index (χ3v) is 3.54. The summed E-state index contributed by atoms with van der Waals surface area (Å²) in [7, 11) is 0. The Hall–Kier alpha value is -1.85. The molecule has 0 aliphatic carbocycles. The summed E-state index contributed by atoms with van der Waals surface area (Å²) in [6.45, 7) is -0.0873. The van der Waals surface area contributed by atoms with Gasteiger partial charge in [0.2, 0.25) is 0 Å². The summed E-state index contributed by atoms with van der Waals surface area (Å²) in [4.78, 5) is 4.56. The molecule has 1 aromatic carbocycles. The maximum Gasteiger partial charge on any atom is 0.137 e. The first-order valence-corrected chi connectivity index (χ1v) is 6.61. The van der Waals surface area contributed by atoms with E-state index in [-0.39, 0.29) is 6.61 Å². The molecule has 0 unspecified atom stereocenters. The number of imidazole rings is 1. The summed E-state index contributed by atoms with van der Waals surface area (Å²) < 4.78 is 2.84. The molecule has 0 spiro atoms. The van der Waals surface area contributed by atoms with E-state index < -0.39 is 0 Å². The number of hydrogen-bond donors (Lipinski definition) is 2. The van der Waals surface area contributed by atoms with Crippen molar-refractivity contribution in [1.29, 1.82) is 0 Å². The molecule has 0 aliphatic heterocycles. The molecule has 0 atom stereocenters. The van der Waals surface area contributed by atoms with Gasteiger partial charge in [-0.2, -0.15) is 0 Å². The fourth-order valence-electron chi connectivity index (χ4n) is 2.10. The lowest BCUT2D eigenvalue weighted by molar-refractivity contribution is 0.276. The van der Waals surface area contributed by atoms with Crippen molar-refractivity contribution in [2.75, 3.05) is 5.73 Å². The number of nitrogens with zero attached hydrogens (tertiary/aromatic N) is 2. The number of halogens is 1. The van der Waals surface area contributed by atoms with Gasteiger partial charge in [-0.3, -0.25) is 4.40 Å². The Kier molecular flexibility index (Phi) is 3.00. The number of anilines is 1. The number of fused-ring (bicyclic) bond motifs is 1. The summed E-state index contributed by atoms with van der Waals surface area (Å²) >= 11 is 3.41. The number of rotatable bonds is 2. The van der Waals surface area contributed by atoms with Gasteiger partial charge in [-0.1, -0.05) is 28.1 Å². The Morgan fingerprint density at radius 3 is 2.58 bits per heavy atom. The minimum Gasteiger partial charge on any atom is -0.398 e. The number of nitrogen functional groups attached to an aromatic ring is 1. The fraction of sp³-hybridized carbons (Fsp3) is 0.0714. The predicted molar refractivity (Wildman–Crippen MR) is 78.7 cm³/mol. The third kappa shape index (κ3) is 2.11. The van der Waals surface area contributed by atoms with Gasteiger partial charge in [0, 0.05) is 21.9 Å². The number of aliphatic hydroxyl groups is 1. The van der Waals surface area contributed by atoms with Crippen molar-refractivity contribution < 1.29 is 5.11 Å². The molecule has 3 N–H and O–H groups in total. The van der Waals surface area contributed by atoms with Gasteiger partial charge >= 0.3 is 0 Å². The first-order chi connectivity index (χ1) is 9.19. The summed E-state index contributed by atoms with van der Waals surface area (Å²) in [6, 6.07) is 11.5. The summed E-state index contributed by atoms with van der Waals surface area (Å²) in [5, 5.41) is 9.60. The zero-order valence-electron chi connectivity index (χ0n) is 10.0. The van der Waals surface area contributed by atoms with E-state index in [9.17, 15) is 5.11 Å². The van der Waals surface area contributed by atoms with Crippen LogP contribution in [0.1, 0.15) is 5.69 Å². The number of aromatic nitrogens is 2. The second kappa shape index (κ2) is 4.68. The van der Waals surface area contributed by atoms with E-state index in [1.165, 1.54) is 0 Å². The van der Waals surface area contributed by atoms with Crippen LogP contribution in [0.4, 0.5) is 5.69 Å². The zero-order chi connectivity index (χ0) is 13.4. The van der Waals surface area contributed by atoms with Crippen LogP contribution in [0.15, 0.2) is 47.1 Å². The molecule has 2 aromatic heterocycles. The van der Waals surface area contributed by atoms with E-state index in [0.717, 1.165) is 27.1 Å². The van der Waals surface area contributed by atoms with Crippen molar-refractivity contribution in [1.82, 2.24) is 9.38 Å². The number of pyridine rings is 1. The quantitative estimate of drug-likeness (QED) is 0.764. The summed E-state index contributed by atoms with van der Waals surface area (Å²) in [5.74, 6) is 0. The van der Waals surface area contributed by atoms with Crippen molar-refractivity contribution in [3.8, 4) is 11.3 Å². The predicted octanol–water partition coefficient (Wildman–Crippen LogP) is 2.84. The lowest BCUT2D eigenvalue weighted by Gasteiger charge is -2.02. The van der Waals surface area contributed by atoms with Gasteiger partial charge in [0.1, 0.15) is 5.65 Å². The molecule has 5 heteroatoms. The van der Waals surface area contributed by atoms with Crippen LogP contribution < -0.4 is 5.73 Å². The van der Waals surface area contributed by atoms with E-state index in [4.69, 9.17) is 5.73 Å². The summed E-state index contributed by atoms with van der Waals surface area (Å²) in [5.41, 5.74) is 9.68. The Morgan fingerprint density at radius 2 is 1.89 bits per heavy atom. The van der Waals surface area contributed by atoms with Crippen molar-refractivity contribution >= 4 is 27.3 Å². The minimum atomic E-state index is -0.0873. The van der Waals surface area contributed by atoms with Gasteiger partial charge in [-0.25, -0.2) is 4.98 Å². The highest BCUT2D eigenvalue weighted by atomic mass is 79.9. The molecule has 0 saturated heterocycles. The average molecular weight is 318 g/mol. The minimum absolute atomic E-state index is 0.0873. The highest BCUT2D eigenvalue weighted by Crippen LogP contribution is 2.26. The molecule has 3 rings (SSSR count). The van der Waals surface area contributed by atoms with Crippen LogP contribution in [0.5, 0.6) is 0 Å². The van der Waals surface area contributed by atoms with E-state index >= 15 is 0 Å². The number of nitrogens with two attached hydrogens (primary N) is 1. The number of benzene rings is 1. The molecule has 0 saturated carbocycles. The van der Waals surface area contributed by atoms with Crippen LogP contribution >= 0.6 is 15.9 Å². The van der Waals surface area contributed by atoms with E-state index in [1.807, 2.05) is 34.7 Å². The standard InChI is InChI=1S/C14H12BrN3O/c15-10-3-1-9(2-4-10)14-12(8-19)18-7-11(16)5-6-13(18)17-14/h1-7,19H,8,16H2. The second-order valence-corrected chi connectivity index (χ2v) is 5.18. The first-order valence-electron chi connectivity index (χ1n) is 5.82. The molecule has 96 valence electrons. The maximum atomic E-state index is 9.60. The molecule has 0 fully saturated rings. The van der Waals surface area contributed by atoms with Gasteiger partial charge in [0.15, 0.2) is 0 Å². The monoisotopic (exact) mass is 317 g/mol. The van der Waals surface area contributed by atoms with Crippen molar-refractivity contribution in [3.05, 3.63) is 52.8 Å². The van der Waals surface area contributed by atoms with E-state index in [0.29, 0.717) is 5.69 Å².